The third-order valence-electron chi connectivity index (χ3n) is 3.27. The van der Waals surface area contributed by atoms with E-state index in [1.165, 1.54) is 0 Å². The van der Waals surface area contributed by atoms with Gasteiger partial charge in [-0.2, -0.15) is 0 Å². The van der Waals surface area contributed by atoms with Crippen LogP contribution >= 0.6 is 0 Å². The van der Waals surface area contributed by atoms with Crippen LogP contribution < -0.4 is 15.4 Å². The predicted molar refractivity (Wildman–Crippen MR) is 71.9 cm³/mol. The van der Waals surface area contributed by atoms with Gasteiger partial charge in [0.25, 0.3) is 5.91 Å². The number of nitrogens with zero attached hydrogens (tertiary/aromatic N) is 1. The molecule has 0 bridgehead atoms. The Labute approximate surface area is 108 Å². The van der Waals surface area contributed by atoms with Gasteiger partial charge in [0.05, 0.1) is 5.69 Å². The van der Waals surface area contributed by atoms with Gasteiger partial charge in [-0.15, -0.1) is 0 Å². The molecule has 1 aromatic rings. The first-order valence-electron chi connectivity index (χ1n) is 6.39. The summed E-state index contributed by atoms with van der Waals surface area (Å²) in [5, 5.41) is 0. The monoisotopic (exact) mass is 248 g/mol. The molecule has 0 radical (unpaired) electrons. The van der Waals surface area contributed by atoms with E-state index in [2.05, 4.69) is 6.92 Å². The van der Waals surface area contributed by atoms with Crippen LogP contribution in [0.15, 0.2) is 18.2 Å². The van der Waals surface area contributed by atoms with Crippen molar-refractivity contribution in [1.82, 2.24) is 0 Å². The molecule has 98 valence electrons. The summed E-state index contributed by atoms with van der Waals surface area (Å²) in [6.45, 7) is 2.26. The highest BCUT2D eigenvalue weighted by molar-refractivity contribution is 5.97. The summed E-state index contributed by atoms with van der Waals surface area (Å²) in [4.78, 5) is 13.2. The molecule has 1 aliphatic heterocycles. The van der Waals surface area contributed by atoms with E-state index in [-0.39, 0.29) is 18.6 Å². The molecular formula is C14H20N2O2. The van der Waals surface area contributed by atoms with Gasteiger partial charge in [-0.3, -0.25) is 4.79 Å². The number of anilines is 1. The summed E-state index contributed by atoms with van der Waals surface area (Å²) in [6.07, 6.45) is 2.94. The van der Waals surface area contributed by atoms with Gasteiger partial charge in [-0.25, -0.2) is 0 Å². The van der Waals surface area contributed by atoms with Gasteiger partial charge in [-0.05, 0) is 30.5 Å². The lowest BCUT2D eigenvalue weighted by Gasteiger charge is -2.26. The second kappa shape index (κ2) is 5.40. The molecule has 1 atom stereocenters. The van der Waals surface area contributed by atoms with Crippen LogP contribution in [0.5, 0.6) is 5.75 Å². The van der Waals surface area contributed by atoms with Crippen molar-refractivity contribution in [3.63, 3.8) is 0 Å². The van der Waals surface area contributed by atoms with Crippen molar-refractivity contribution >= 4 is 11.6 Å². The van der Waals surface area contributed by atoms with Crippen molar-refractivity contribution in [2.24, 2.45) is 5.73 Å². The fourth-order valence-electron chi connectivity index (χ4n) is 2.22. The van der Waals surface area contributed by atoms with Crippen LogP contribution in [0.1, 0.15) is 25.3 Å². The number of hydrogen-bond acceptors (Lipinski definition) is 3. The SMILES string of the molecule is CCCC(N)Cc1ccc2c(c1)N(C)C(=O)CO2. The van der Waals surface area contributed by atoms with Gasteiger partial charge in [0, 0.05) is 13.1 Å². The number of hydrogen-bond donors (Lipinski definition) is 1. The van der Waals surface area contributed by atoms with Crippen LogP contribution in [0.25, 0.3) is 0 Å². The highest BCUT2D eigenvalue weighted by atomic mass is 16.5. The number of nitrogens with two attached hydrogens (primary N) is 1. The largest absolute Gasteiger partial charge is 0.482 e. The standard InChI is InChI=1S/C14H20N2O2/c1-3-4-11(15)7-10-5-6-13-12(8-10)16(2)14(17)9-18-13/h5-6,8,11H,3-4,7,9,15H2,1-2H3. The summed E-state index contributed by atoms with van der Waals surface area (Å²) >= 11 is 0. The fraction of sp³-hybridized carbons (Fsp3) is 0.500. The molecule has 0 aromatic heterocycles. The molecule has 0 saturated heterocycles. The smallest absolute Gasteiger partial charge is 0.264 e. The lowest BCUT2D eigenvalue weighted by Crippen LogP contribution is -2.35. The Kier molecular flexibility index (Phi) is 3.87. The molecule has 1 aromatic carbocycles. The first-order chi connectivity index (χ1) is 8.61. The average Bonchev–Trinajstić information content (AvgIpc) is 2.35. The topological polar surface area (TPSA) is 55.6 Å². The summed E-state index contributed by atoms with van der Waals surface area (Å²) in [5.74, 6) is 0.752. The number of fused-ring (bicyclic) bond motifs is 1. The quantitative estimate of drug-likeness (QED) is 0.882. The number of benzene rings is 1. The molecule has 0 aliphatic carbocycles. The minimum atomic E-state index is -0.0162. The summed E-state index contributed by atoms with van der Waals surface area (Å²) < 4.78 is 5.39. The number of rotatable bonds is 4. The zero-order valence-electron chi connectivity index (χ0n) is 11.0. The number of carbonyl (C=O) groups excluding carboxylic acids is 1. The molecule has 0 saturated carbocycles. The van der Waals surface area contributed by atoms with E-state index in [0.29, 0.717) is 0 Å². The molecular weight excluding hydrogens is 228 g/mol. The number of amides is 1. The minimum Gasteiger partial charge on any atom is -0.482 e. The summed E-state index contributed by atoms with van der Waals surface area (Å²) in [7, 11) is 1.78. The number of likely N-dealkylation sites (N-methyl/N-ethyl adjacent to an activating group) is 1. The number of ether oxygens (including phenoxy) is 1. The van der Waals surface area contributed by atoms with Gasteiger partial charge in [0.2, 0.25) is 0 Å². The molecule has 0 spiro atoms. The van der Waals surface area contributed by atoms with Gasteiger partial charge >= 0.3 is 0 Å². The van der Waals surface area contributed by atoms with Gasteiger partial charge in [0.1, 0.15) is 5.75 Å². The third kappa shape index (κ3) is 2.64. The Morgan fingerprint density at radius 3 is 3.00 bits per heavy atom. The molecule has 1 amide bonds. The molecule has 4 nitrogen and oxygen atoms in total. The maximum absolute atomic E-state index is 11.6. The zero-order valence-corrected chi connectivity index (χ0v) is 11.0. The van der Waals surface area contributed by atoms with Crippen molar-refractivity contribution in [3.05, 3.63) is 23.8 Å². The Balaban J connectivity index is 2.18. The molecule has 4 heteroatoms. The summed E-state index contributed by atoms with van der Waals surface area (Å²) in [6, 6.07) is 6.13. The first-order valence-corrected chi connectivity index (χ1v) is 6.39. The second-order valence-corrected chi connectivity index (χ2v) is 4.80. The van der Waals surface area contributed by atoms with Crippen LogP contribution in [0, 0.1) is 0 Å². The Morgan fingerprint density at radius 1 is 1.50 bits per heavy atom. The number of carbonyl (C=O) groups is 1. The highest BCUT2D eigenvalue weighted by Gasteiger charge is 2.22. The Bertz CT molecular complexity index is 445. The Morgan fingerprint density at radius 2 is 2.28 bits per heavy atom. The molecule has 0 fully saturated rings. The lowest BCUT2D eigenvalue weighted by atomic mass is 10.0. The molecule has 1 heterocycles. The van der Waals surface area contributed by atoms with Crippen molar-refractivity contribution < 1.29 is 9.53 Å². The zero-order chi connectivity index (χ0) is 13.1. The fourth-order valence-corrected chi connectivity index (χ4v) is 2.22. The Hall–Kier alpha value is -1.55. The van der Waals surface area contributed by atoms with Crippen LogP contribution in [-0.2, 0) is 11.2 Å². The van der Waals surface area contributed by atoms with Crippen molar-refractivity contribution in [2.45, 2.75) is 32.2 Å². The van der Waals surface area contributed by atoms with Crippen LogP contribution in [0.2, 0.25) is 0 Å². The van der Waals surface area contributed by atoms with Crippen LogP contribution in [-0.4, -0.2) is 25.6 Å². The molecule has 2 rings (SSSR count). The van der Waals surface area contributed by atoms with E-state index in [1.807, 2.05) is 18.2 Å². The van der Waals surface area contributed by atoms with Crippen molar-refractivity contribution in [1.29, 1.82) is 0 Å². The van der Waals surface area contributed by atoms with Crippen molar-refractivity contribution in [3.8, 4) is 5.75 Å². The van der Waals surface area contributed by atoms with Gasteiger partial charge < -0.3 is 15.4 Å². The van der Waals surface area contributed by atoms with Crippen molar-refractivity contribution in [2.75, 3.05) is 18.6 Å². The maximum Gasteiger partial charge on any atom is 0.264 e. The molecule has 1 unspecified atom stereocenters. The van der Waals surface area contributed by atoms with Gasteiger partial charge in [-0.1, -0.05) is 19.4 Å². The normalized spacial score (nSPS) is 16.2. The maximum atomic E-state index is 11.6. The van der Waals surface area contributed by atoms with E-state index in [0.717, 1.165) is 36.3 Å². The van der Waals surface area contributed by atoms with Gasteiger partial charge in [0.15, 0.2) is 6.61 Å². The van der Waals surface area contributed by atoms with Crippen LogP contribution in [0.4, 0.5) is 5.69 Å². The molecule has 18 heavy (non-hydrogen) atoms. The van der Waals surface area contributed by atoms with E-state index in [1.54, 1.807) is 11.9 Å². The van der Waals surface area contributed by atoms with E-state index >= 15 is 0 Å². The third-order valence-corrected chi connectivity index (χ3v) is 3.27. The van der Waals surface area contributed by atoms with E-state index in [4.69, 9.17) is 10.5 Å². The second-order valence-electron chi connectivity index (χ2n) is 4.80. The summed E-state index contributed by atoms with van der Waals surface area (Å²) in [5.41, 5.74) is 8.04. The van der Waals surface area contributed by atoms with Crippen LogP contribution in [0.3, 0.4) is 0 Å². The first kappa shape index (κ1) is 12.9. The molecule has 2 N–H and O–H groups in total. The minimum absolute atomic E-state index is 0.0162. The highest BCUT2D eigenvalue weighted by Crippen LogP contribution is 2.32. The predicted octanol–water partition coefficient (Wildman–Crippen LogP) is 1.71. The van der Waals surface area contributed by atoms with E-state index < -0.39 is 0 Å². The van der Waals surface area contributed by atoms with E-state index in [9.17, 15) is 4.79 Å². The molecule has 1 aliphatic rings. The average molecular weight is 248 g/mol. The lowest BCUT2D eigenvalue weighted by molar-refractivity contribution is -0.120.